The highest BCUT2D eigenvalue weighted by molar-refractivity contribution is 5.65. The van der Waals surface area contributed by atoms with Crippen molar-refractivity contribution in [2.75, 3.05) is 4.90 Å². The molecular formula is C30H38F3N. The van der Waals surface area contributed by atoms with Gasteiger partial charge >= 0.3 is 6.18 Å². The fourth-order valence-corrected chi connectivity index (χ4v) is 5.28. The molecule has 2 aromatic carbocycles. The van der Waals surface area contributed by atoms with Gasteiger partial charge in [-0.2, -0.15) is 13.2 Å². The molecule has 1 atom stereocenters. The zero-order valence-electron chi connectivity index (χ0n) is 21.0. The second kappa shape index (κ2) is 11.8. The zero-order chi connectivity index (χ0) is 24.7. The minimum absolute atomic E-state index is 0.0895. The van der Waals surface area contributed by atoms with Crippen LogP contribution < -0.4 is 4.90 Å². The SMILES string of the molecule is CCCC1=C(CCC)C(c2ccccc2)N(c2cccc(C(F)(F)F)c2)C(CCC)=C1CCC. The molecule has 0 aliphatic carbocycles. The predicted molar refractivity (Wildman–Crippen MR) is 137 cm³/mol. The number of hydrogen-bond acceptors (Lipinski definition) is 1. The molecule has 0 N–H and O–H groups in total. The molecule has 0 spiro atoms. The van der Waals surface area contributed by atoms with Gasteiger partial charge in [-0.25, -0.2) is 0 Å². The van der Waals surface area contributed by atoms with Crippen molar-refractivity contribution in [3.63, 3.8) is 0 Å². The summed E-state index contributed by atoms with van der Waals surface area (Å²) in [5.74, 6) is 0. The largest absolute Gasteiger partial charge is 0.416 e. The summed E-state index contributed by atoms with van der Waals surface area (Å²) >= 11 is 0. The van der Waals surface area contributed by atoms with Gasteiger partial charge in [-0.05, 0) is 66.2 Å². The predicted octanol–water partition coefficient (Wildman–Crippen LogP) is 10.0. The molecule has 1 aliphatic rings. The standard InChI is InChI=1S/C30H38F3N/c1-5-13-25-26(14-6-2)28(16-8-4)34(24-20-12-19-23(21-24)30(31,32)33)29(27(25)15-7-3)22-17-10-9-11-18-22/h9-12,17-21,29H,5-8,13-16H2,1-4H3. The number of alkyl halides is 3. The molecule has 0 bridgehead atoms. The van der Waals surface area contributed by atoms with Gasteiger partial charge < -0.3 is 4.90 Å². The molecule has 0 amide bonds. The lowest BCUT2D eigenvalue weighted by atomic mass is 9.78. The van der Waals surface area contributed by atoms with E-state index in [-0.39, 0.29) is 6.04 Å². The van der Waals surface area contributed by atoms with Crippen molar-refractivity contribution in [2.45, 2.75) is 91.3 Å². The van der Waals surface area contributed by atoms with Crippen molar-refractivity contribution in [1.82, 2.24) is 0 Å². The van der Waals surface area contributed by atoms with E-state index < -0.39 is 11.7 Å². The number of halogens is 3. The first-order valence-electron chi connectivity index (χ1n) is 12.8. The van der Waals surface area contributed by atoms with E-state index in [0.717, 1.165) is 56.9 Å². The highest BCUT2D eigenvalue weighted by Crippen LogP contribution is 2.49. The summed E-state index contributed by atoms with van der Waals surface area (Å²) in [7, 11) is 0. The van der Waals surface area contributed by atoms with Crippen molar-refractivity contribution < 1.29 is 13.2 Å². The molecule has 0 fully saturated rings. The minimum atomic E-state index is -4.37. The average molecular weight is 470 g/mol. The van der Waals surface area contributed by atoms with Gasteiger partial charge in [-0.1, -0.05) is 89.8 Å². The van der Waals surface area contributed by atoms with E-state index in [0.29, 0.717) is 5.69 Å². The van der Waals surface area contributed by atoms with Gasteiger partial charge in [0.15, 0.2) is 0 Å². The Balaban J connectivity index is 2.36. The number of hydrogen-bond donors (Lipinski definition) is 0. The van der Waals surface area contributed by atoms with Gasteiger partial charge in [-0.15, -0.1) is 0 Å². The van der Waals surface area contributed by atoms with E-state index in [2.05, 4.69) is 44.7 Å². The van der Waals surface area contributed by atoms with E-state index in [1.807, 2.05) is 24.3 Å². The first kappa shape index (κ1) is 26.1. The highest BCUT2D eigenvalue weighted by atomic mass is 19.4. The quantitative estimate of drug-likeness (QED) is 0.334. The van der Waals surface area contributed by atoms with Crippen LogP contribution in [0.2, 0.25) is 0 Å². The van der Waals surface area contributed by atoms with Crippen molar-refractivity contribution in [3.05, 3.63) is 88.1 Å². The van der Waals surface area contributed by atoms with Crippen LogP contribution in [-0.4, -0.2) is 0 Å². The monoisotopic (exact) mass is 469 g/mol. The number of anilines is 1. The maximum atomic E-state index is 13.7. The van der Waals surface area contributed by atoms with Crippen LogP contribution in [0.15, 0.2) is 77.0 Å². The Morgan fingerprint density at radius 3 is 1.91 bits per heavy atom. The first-order chi connectivity index (χ1) is 16.4. The fourth-order valence-electron chi connectivity index (χ4n) is 5.28. The smallest absolute Gasteiger partial charge is 0.334 e. The van der Waals surface area contributed by atoms with Crippen molar-refractivity contribution in [1.29, 1.82) is 0 Å². The molecule has 0 aromatic heterocycles. The summed E-state index contributed by atoms with van der Waals surface area (Å²) in [6.45, 7) is 8.76. The Hall–Kier alpha value is -2.49. The van der Waals surface area contributed by atoms with Gasteiger partial charge in [0.2, 0.25) is 0 Å². The molecular weight excluding hydrogens is 431 g/mol. The Morgan fingerprint density at radius 1 is 0.706 bits per heavy atom. The Kier molecular flexibility index (Phi) is 9.04. The molecule has 1 aliphatic heterocycles. The lowest BCUT2D eigenvalue weighted by Crippen LogP contribution is -2.35. The van der Waals surface area contributed by atoms with Crippen LogP contribution in [0, 0.1) is 0 Å². The van der Waals surface area contributed by atoms with Crippen LogP contribution in [-0.2, 0) is 6.18 Å². The summed E-state index contributed by atoms with van der Waals surface area (Å²) in [5, 5.41) is 0. The van der Waals surface area contributed by atoms with E-state index >= 15 is 0 Å². The number of benzene rings is 2. The molecule has 0 saturated carbocycles. The normalized spacial score (nSPS) is 17.0. The molecule has 184 valence electrons. The van der Waals surface area contributed by atoms with Crippen LogP contribution in [0.25, 0.3) is 0 Å². The van der Waals surface area contributed by atoms with Gasteiger partial charge in [0, 0.05) is 11.4 Å². The molecule has 2 aromatic rings. The Labute approximate surface area is 203 Å². The summed E-state index contributed by atoms with van der Waals surface area (Å²) in [6.07, 6.45) is 3.41. The van der Waals surface area contributed by atoms with Crippen molar-refractivity contribution in [3.8, 4) is 0 Å². The molecule has 1 heterocycles. The van der Waals surface area contributed by atoms with Crippen molar-refractivity contribution >= 4 is 5.69 Å². The summed E-state index contributed by atoms with van der Waals surface area (Å²) in [4.78, 5) is 2.24. The van der Waals surface area contributed by atoms with E-state index in [1.54, 1.807) is 6.07 Å². The Bertz CT molecular complexity index is 1000. The van der Waals surface area contributed by atoms with Crippen LogP contribution in [0.4, 0.5) is 18.9 Å². The fraction of sp³-hybridized carbons (Fsp3) is 0.467. The third-order valence-electron chi connectivity index (χ3n) is 6.55. The van der Waals surface area contributed by atoms with Gasteiger partial charge in [-0.3, -0.25) is 0 Å². The molecule has 0 radical (unpaired) electrons. The molecule has 0 saturated heterocycles. The van der Waals surface area contributed by atoms with Gasteiger partial charge in [0.25, 0.3) is 0 Å². The first-order valence-corrected chi connectivity index (χ1v) is 12.8. The molecule has 1 nitrogen and oxygen atoms in total. The third kappa shape index (κ3) is 5.59. The topological polar surface area (TPSA) is 3.24 Å². The maximum Gasteiger partial charge on any atom is 0.416 e. The Morgan fingerprint density at radius 2 is 1.32 bits per heavy atom. The lowest BCUT2D eigenvalue weighted by molar-refractivity contribution is -0.137. The number of rotatable bonds is 10. The lowest BCUT2D eigenvalue weighted by Gasteiger charge is -2.44. The van der Waals surface area contributed by atoms with Gasteiger partial charge in [0.05, 0.1) is 11.6 Å². The molecule has 3 rings (SSSR count). The van der Waals surface area contributed by atoms with Crippen LogP contribution >= 0.6 is 0 Å². The number of allylic oxidation sites excluding steroid dienone is 3. The second-order valence-electron chi connectivity index (χ2n) is 9.16. The second-order valence-corrected chi connectivity index (χ2v) is 9.16. The van der Waals surface area contributed by atoms with Crippen LogP contribution in [0.3, 0.4) is 0 Å². The minimum Gasteiger partial charge on any atom is -0.334 e. The third-order valence-corrected chi connectivity index (χ3v) is 6.55. The number of nitrogens with zero attached hydrogens (tertiary/aromatic N) is 1. The van der Waals surface area contributed by atoms with Crippen LogP contribution in [0.5, 0.6) is 0 Å². The van der Waals surface area contributed by atoms with Crippen LogP contribution in [0.1, 0.15) is 96.2 Å². The zero-order valence-corrected chi connectivity index (χ0v) is 21.0. The molecule has 4 heteroatoms. The molecule has 1 unspecified atom stereocenters. The molecule has 34 heavy (non-hydrogen) atoms. The van der Waals surface area contributed by atoms with Gasteiger partial charge in [0.1, 0.15) is 0 Å². The average Bonchev–Trinajstić information content (AvgIpc) is 2.82. The summed E-state index contributed by atoms with van der Waals surface area (Å²) < 4.78 is 41.2. The maximum absolute atomic E-state index is 13.7. The van der Waals surface area contributed by atoms with E-state index in [4.69, 9.17) is 0 Å². The summed E-state index contributed by atoms with van der Waals surface area (Å²) in [6, 6.07) is 16.1. The summed E-state index contributed by atoms with van der Waals surface area (Å²) in [5.41, 5.74) is 6.55. The van der Waals surface area contributed by atoms with E-state index in [1.165, 1.54) is 34.5 Å². The van der Waals surface area contributed by atoms with Crippen molar-refractivity contribution in [2.24, 2.45) is 0 Å². The highest BCUT2D eigenvalue weighted by Gasteiger charge is 2.37. The van der Waals surface area contributed by atoms with E-state index in [9.17, 15) is 13.2 Å².